The van der Waals surface area contributed by atoms with Gasteiger partial charge in [0.15, 0.2) is 0 Å². The fourth-order valence-electron chi connectivity index (χ4n) is 2.62. The maximum atomic E-state index is 12.2. The summed E-state index contributed by atoms with van der Waals surface area (Å²) in [5.41, 5.74) is 5.53. The molecule has 0 aromatic carbocycles. The third kappa shape index (κ3) is 3.18. The molecular formula is C12H23N3O2. The summed E-state index contributed by atoms with van der Waals surface area (Å²) in [6.07, 6.45) is 1.12. The zero-order valence-electron chi connectivity index (χ0n) is 10.6. The highest BCUT2D eigenvalue weighted by atomic mass is 16.5. The van der Waals surface area contributed by atoms with Gasteiger partial charge in [0.2, 0.25) is 5.91 Å². The van der Waals surface area contributed by atoms with Crippen molar-refractivity contribution >= 4 is 5.91 Å². The van der Waals surface area contributed by atoms with Crippen LogP contribution >= 0.6 is 0 Å². The van der Waals surface area contributed by atoms with E-state index in [0.717, 1.165) is 39.1 Å². The summed E-state index contributed by atoms with van der Waals surface area (Å²) in [6.45, 7) is 7.84. The number of hydrogen-bond acceptors (Lipinski definition) is 4. The van der Waals surface area contributed by atoms with Gasteiger partial charge in [0.05, 0.1) is 18.6 Å². The van der Waals surface area contributed by atoms with Crippen LogP contribution in [0.15, 0.2) is 0 Å². The molecule has 0 aromatic rings. The Labute approximate surface area is 103 Å². The quantitative estimate of drug-likeness (QED) is 0.724. The lowest BCUT2D eigenvalue weighted by Gasteiger charge is -2.35. The van der Waals surface area contributed by atoms with Crippen molar-refractivity contribution in [2.45, 2.75) is 19.4 Å². The largest absolute Gasteiger partial charge is 0.378 e. The summed E-state index contributed by atoms with van der Waals surface area (Å²) >= 11 is 0. The van der Waals surface area contributed by atoms with Crippen LogP contribution in [0.5, 0.6) is 0 Å². The van der Waals surface area contributed by atoms with E-state index in [1.54, 1.807) is 0 Å². The standard InChI is InChI=1S/C12H23N3O2/c1-10-8-11(9-17-10)12(16)15-6-4-14(3-2-13)5-7-15/h10-11H,2-9,13H2,1H3. The van der Waals surface area contributed by atoms with Crippen LogP contribution in [0.25, 0.3) is 0 Å². The van der Waals surface area contributed by atoms with Gasteiger partial charge in [-0.25, -0.2) is 0 Å². The maximum Gasteiger partial charge on any atom is 0.228 e. The Bertz CT molecular complexity index is 264. The minimum Gasteiger partial charge on any atom is -0.378 e. The fourth-order valence-corrected chi connectivity index (χ4v) is 2.62. The average molecular weight is 241 g/mol. The number of carbonyl (C=O) groups is 1. The third-order valence-corrected chi connectivity index (χ3v) is 3.68. The predicted molar refractivity (Wildman–Crippen MR) is 65.6 cm³/mol. The molecular weight excluding hydrogens is 218 g/mol. The van der Waals surface area contributed by atoms with Gasteiger partial charge in [-0.15, -0.1) is 0 Å². The Balaban J connectivity index is 1.78. The molecule has 2 fully saturated rings. The first-order valence-electron chi connectivity index (χ1n) is 6.53. The maximum absolute atomic E-state index is 12.2. The molecule has 0 bridgehead atoms. The molecule has 2 aliphatic rings. The Morgan fingerprint density at radius 1 is 1.35 bits per heavy atom. The highest BCUT2D eigenvalue weighted by Gasteiger charge is 2.32. The molecule has 1 amide bonds. The van der Waals surface area contributed by atoms with Gasteiger partial charge >= 0.3 is 0 Å². The van der Waals surface area contributed by atoms with Crippen molar-refractivity contribution < 1.29 is 9.53 Å². The second-order valence-electron chi connectivity index (χ2n) is 5.03. The summed E-state index contributed by atoms with van der Waals surface area (Å²) in [6, 6.07) is 0. The first kappa shape index (κ1) is 12.8. The lowest BCUT2D eigenvalue weighted by molar-refractivity contribution is -0.137. The normalized spacial score (nSPS) is 30.8. The predicted octanol–water partition coefficient (Wildman–Crippen LogP) is -0.486. The molecule has 2 saturated heterocycles. The van der Waals surface area contributed by atoms with Gasteiger partial charge in [-0.05, 0) is 13.3 Å². The Kier molecular flexibility index (Phi) is 4.36. The van der Waals surface area contributed by atoms with Crippen molar-refractivity contribution in [2.75, 3.05) is 45.9 Å². The summed E-state index contributed by atoms with van der Waals surface area (Å²) < 4.78 is 5.46. The monoisotopic (exact) mass is 241 g/mol. The molecule has 0 aromatic heterocycles. The first-order valence-corrected chi connectivity index (χ1v) is 6.53. The van der Waals surface area contributed by atoms with Crippen LogP contribution in [0.1, 0.15) is 13.3 Å². The Hall–Kier alpha value is -0.650. The van der Waals surface area contributed by atoms with E-state index in [4.69, 9.17) is 10.5 Å². The summed E-state index contributed by atoms with van der Waals surface area (Å²) in [5.74, 6) is 0.368. The van der Waals surface area contributed by atoms with Crippen LogP contribution < -0.4 is 5.73 Å². The minimum absolute atomic E-state index is 0.0889. The molecule has 5 nitrogen and oxygen atoms in total. The molecule has 0 aliphatic carbocycles. The SMILES string of the molecule is CC1CC(C(=O)N2CCN(CCN)CC2)CO1. The van der Waals surface area contributed by atoms with Crippen LogP contribution in [-0.2, 0) is 9.53 Å². The molecule has 2 N–H and O–H groups in total. The first-order chi connectivity index (χ1) is 8.20. The van der Waals surface area contributed by atoms with Gasteiger partial charge in [-0.1, -0.05) is 0 Å². The smallest absolute Gasteiger partial charge is 0.228 e. The molecule has 2 rings (SSSR count). The van der Waals surface area contributed by atoms with E-state index in [1.807, 2.05) is 11.8 Å². The zero-order valence-corrected chi connectivity index (χ0v) is 10.6. The lowest BCUT2D eigenvalue weighted by Crippen LogP contribution is -2.51. The lowest BCUT2D eigenvalue weighted by atomic mass is 10.0. The van der Waals surface area contributed by atoms with E-state index in [9.17, 15) is 4.79 Å². The number of ether oxygens (including phenoxy) is 1. The number of nitrogens with two attached hydrogens (primary N) is 1. The fraction of sp³-hybridized carbons (Fsp3) is 0.917. The van der Waals surface area contributed by atoms with Gasteiger partial charge in [-0.3, -0.25) is 9.69 Å². The molecule has 5 heteroatoms. The van der Waals surface area contributed by atoms with E-state index in [-0.39, 0.29) is 17.9 Å². The van der Waals surface area contributed by atoms with E-state index < -0.39 is 0 Å². The number of hydrogen-bond donors (Lipinski definition) is 1. The molecule has 0 spiro atoms. The van der Waals surface area contributed by atoms with Crippen LogP contribution in [0.4, 0.5) is 0 Å². The van der Waals surface area contributed by atoms with E-state index >= 15 is 0 Å². The number of piperazine rings is 1. The summed E-state index contributed by atoms with van der Waals surface area (Å²) in [7, 11) is 0. The topological polar surface area (TPSA) is 58.8 Å². The van der Waals surface area contributed by atoms with Gasteiger partial charge in [0.1, 0.15) is 0 Å². The van der Waals surface area contributed by atoms with E-state index in [2.05, 4.69) is 4.90 Å². The third-order valence-electron chi connectivity index (χ3n) is 3.68. The van der Waals surface area contributed by atoms with Crippen LogP contribution in [-0.4, -0.2) is 67.7 Å². The van der Waals surface area contributed by atoms with Gasteiger partial charge in [0.25, 0.3) is 0 Å². The van der Waals surface area contributed by atoms with Gasteiger partial charge in [-0.2, -0.15) is 0 Å². The van der Waals surface area contributed by atoms with Gasteiger partial charge < -0.3 is 15.4 Å². The molecule has 2 atom stereocenters. The minimum atomic E-state index is 0.0889. The number of carbonyl (C=O) groups excluding carboxylic acids is 1. The second kappa shape index (κ2) is 5.80. The van der Waals surface area contributed by atoms with Crippen molar-refractivity contribution in [1.82, 2.24) is 9.80 Å². The number of amides is 1. The number of nitrogens with zero attached hydrogens (tertiary/aromatic N) is 2. The van der Waals surface area contributed by atoms with Crippen molar-refractivity contribution in [1.29, 1.82) is 0 Å². The molecule has 98 valence electrons. The van der Waals surface area contributed by atoms with Crippen LogP contribution in [0.2, 0.25) is 0 Å². The van der Waals surface area contributed by atoms with Gasteiger partial charge in [0, 0.05) is 39.3 Å². The number of rotatable bonds is 3. The van der Waals surface area contributed by atoms with Crippen molar-refractivity contribution in [3.63, 3.8) is 0 Å². The summed E-state index contributed by atoms with van der Waals surface area (Å²) in [5, 5.41) is 0. The van der Waals surface area contributed by atoms with E-state index in [0.29, 0.717) is 13.2 Å². The Morgan fingerprint density at radius 2 is 2.06 bits per heavy atom. The average Bonchev–Trinajstić information content (AvgIpc) is 2.76. The Morgan fingerprint density at radius 3 is 2.59 bits per heavy atom. The second-order valence-corrected chi connectivity index (χ2v) is 5.03. The van der Waals surface area contributed by atoms with Crippen molar-refractivity contribution in [3.05, 3.63) is 0 Å². The molecule has 0 radical (unpaired) electrons. The highest BCUT2D eigenvalue weighted by Crippen LogP contribution is 2.21. The summed E-state index contributed by atoms with van der Waals surface area (Å²) in [4.78, 5) is 16.5. The molecule has 2 heterocycles. The molecule has 2 aliphatic heterocycles. The molecule has 0 saturated carbocycles. The zero-order chi connectivity index (χ0) is 12.3. The van der Waals surface area contributed by atoms with E-state index in [1.165, 1.54) is 0 Å². The highest BCUT2D eigenvalue weighted by molar-refractivity contribution is 5.79. The van der Waals surface area contributed by atoms with Crippen molar-refractivity contribution in [3.8, 4) is 0 Å². The van der Waals surface area contributed by atoms with Crippen LogP contribution in [0, 0.1) is 5.92 Å². The molecule has 2 unspecified atom stereocenters. The van der Waals surface area contributed by atoms with Crippen molar-refractivity contribution in [2.24, 2.45) is 11.7 Å². The van der Waals surface area contributed by atoms with Crippen LogP contribution in [0.3, 0.4) is 0 Å². The molecule has 17 heavy (non-hydrogen) atoms.